The van der Waals surface area contributed by atoms with Crippen molar-refractivity contribution in [2.24, 2.45) is 0 Å². The molecule has 3 aromatic heterocycles. The van der Waals surface area contributed by atoms with Crippen LogP contribution in [0.3, 0.4) is 0 Å². The maximum atomic E-state index is 16.5. The van der Waals surface area contributed by atoms with Crippen molar-refractivity contribution in [3.05, 3.63) is 60.2 Å². The van der Waals surface area contributed by atoms with Gasteiger partial charge in [-0.2, -0.15) is 10.4 Å². The van der Waals surface area contributed by atoms with Gasteiger partial charge in [-0.3, -0.25) is 9.69 Å². The number of likely N-dealkylation sites (N-methyl/N-ethyl adjacent to an activating group) is 1. The molecule has 2 saturated heterocycles. The number of carbonyl (C=O) groups is 1. The summed E-state index contributed by atoms with van der Waals surface area (Å²) in [5.74, 6) is -0.280. The Morgan fingerprint density at radius 2 is 2.02 bits per heavy atom. The van der Waals surface area contributed by atoms with Gasteiger partial charge in [0.05, 0.1) is 23.3 Å². The molecule has 0 unspecified atom stereocenters. The average Bonchev–Trinajstić information content (AvgIpc) is 3.38. The zero-order valence-electron chi connectivity index (χ0n) is 25.7. The zero-order chi connectivity index (χ0) is 31.3. The number of benzene rings is 1. The van der Waals surface area contributed by atoms with Gasteiger partial charge >= 0.3 is 0 Å². The number of pyridine rings is 1. The maximum Gasteiger partial charge on any atom is 0.236 e. The number of aromatic nitrogens is 4. The molecular formula is C33H38FN9OS. The van der Waals surface area contributed by atoms with E-state index in [0.29, 0.717) is 30.0 Å². The first-order chi connectivity index (χ1) is 21.9. The summed E-state index contributed by atoms with van der Waals surface area (Å²) >= 11 is 1.69. The highest BCUT2D eigenvalue weighted by Crippen LogP contribution is 2.34. The maximum absolute atomic E-state index is 16.5. The Balaban J connectivity index is 1.39. The Hall–Kier alpha value is -4.05. The number of fused-ring (bicyclic) bond motifs is 1. The first-order valence-electron chi connectivity index (χ1n) is 15.4. The second kappa shape index (κ2) is 13.9. The van der Waals surface area contributed by atoms with E-state index in [1.165, 1.54) is 0 Å². The molecule has 1 atom stereocenters. The highest BCUT2D eigenvalue weighted by Gasteiger charge is 2.27. The predicted octanol–water partition coefficient (Wildman–Crippen LogP) is 4.77. The van der Waals surface area contributed by atoms with E-state index in [1.54, 1.807) is 27.4 Å². The van der Waals surface area contributed by atoms with E-state index in [9.17, 15) is 4.79 Å². The molecule has 5 heterocycles. The highest BCUT2D eigenvalue weighted by atomic mass is 32.2. The van der Waals surface area contributed by atoms with Gasteiger partial charge in [0.2, 0.25) is 5.91 Å². The van der Waals surface area contributed by atoms with Crippen molar-refractivity contribution < 1.29 is 9.18 Å². The van der Waals surface area contributed by atoms with Gasteiger partial charge in [0, 0.05) is 55.4 Å². The first kappa shape index (κ1) is 31.0. The van der Waals surface area contributed by atoms with E-state index in [2.05, 4.69) is 45.7 Å². The van der Waals surface area contributed by atoms with Crippen molar-refractivity contribution in [1.82, 2.24) is 34.3 Å². The van der Waals surface area contributed by atoms with Gasteiger partial charge in [-0.15, -0.1) is 11.8 Å². The molecule has 1 amide bonds. The molecule has 0 bridgehead atoms. The van der Waals surface area contributed by atoms with Crippen LogP contribution in [0.25, 0.3) is 28.2 Å². The smallest absolute Gasteiger partial charge is 0.236 e. The van der Waals surface area contributed by atoms with Gasteiger partial charge in [-0.05, 0) is 75.5 Å². The predicted molar refractivity (Wildman–Crippen MR) is 174 cm³/mol. The summed E-state index contributed by atoms with van der Waals surface area (Å²) < 4.78 is 18.3. The second-order valence-corrected chi connectivity index (χ2v) is 12.6. The lowest BCUT2D eigenvalue weighted by Gasteiger charge is -2.33. The van der Waals surface area contributed by atoms with Crippen LogP contribution < -0.4 is 5.32 Å². The number of likely N-dealkylation sites (tertiary alicyclic amines) is 1. The van der Waals surface area contributed by atoms with Crippen molar-refractivity contribution in [2.75, 3.05) is 57.9 Å². The van der Waals surface area contributed by atoms with Crippen LogP contribution in [0.4, 0.5) is 10.2 Å². The van der Waals surface area contributed by atoms with E-state index in [0.717, 1.165) is 68.0 Å². The molecule has 234 valence electrons. The molecular weight excluding hydrogens is 589 g/mol. The third-order valence-electron chi connectivity index (χ3n) is 8.62. The standard InChI is InChI=1S/C33H38FN9OS/c1-40-13-6-14-41(18-17-40)21-24-19-23(9-10-28(24)45-2)31-30(34)33(37-25-7-5-15-42(22-25)29(44)11-12-35)39-32(38-31)26-20-36-43-16-4-3-8-27(26)43/h3-4,8-10,16,19-20,25H,5-7,11,13-15,17-18,21-22H2,1-2H3,(H,37,38,39)/t25-/m1/s1. The normalized spacial score (nSPS) is 18.1. The summed E-state index contributed by atoms with van der Waals surface area (Å²) in [5.41, 5.74) is 3.56. The van der Waals surface area contributed by atoms with Gasteiger partial charge in [0.1, 0.15) is 12.1 Å². The number of hydrogen-bond donors (Lipinski definition) is 1. The number of nitrogens with one attached hydrogen (secondary N) is 1. The minimum atomic E-state index is -0.532. The van der Waals surface area contributed by atoms with E-state index in [-0.39, 0.29) is 29.9 Å². The Labute approximate surface area is 267 Å². The Bertz CT molecular complexity index is 1720. The molecule has 6 rings (SSSR count). The fourth-order valence-corrected chi connectivity index (χ4v) is 6.79. The topological polar surface area (TPSA) is 106 Å². The van der Waals surface area contributed by atoms with Gasteiger partial charge in [0.15, 0.2) is 17.5 Å². The van der Waals surface area contributed by atoms with Crippen molar-refractivity contribution >= 4 is 29.0 Å². The molecule has 10 nitrogen and oxygen atoms in total. The molecule has 0 radical (unpaired) electrons. The number of amides is 1. The van der Waals surface area contributed by atoms with Gasteiger partial charge < -0.3 is 15.1 Å². The van der Waals surface area contributed by atoms with E-state index in [1.807, 2.05) is 36.5 Å². The summed E-state index contributed by atoms with van der Waals surface area (Å²) in [6, 6.07) is 13.5. The molecule has 2 aliphatic heterocycles. The lowest BCUT2D eigenvalue weighted by molar-refractivity contribution is -0.131. The summed E-state index contributed by atoms with van der Waals surface area (Å²) in [6.07, 6.45) is 8.08. The molecule has 4 aromatic rings. The Morgan fingerprint density at radius 1 is 1.13 bits per heavy atom. The SMILES string of the molecule is CSc1ccc(-c2nc(-c3cnn4ccccc34)nc(N[C@@H]3CCCN(C(=O)CC#N)C3)c2F)cc1CN1CCCN(C)CC1. The van der Waals surface area contributed by atoms with Crippen LogP contribution in [-0.4, -0.2) is 98.8 Å². The van der Waals surface area contributed by atoms with Gasteiger partial charge in [-0.25, -0.2) is 18.9 Å². The first-order valence-corrected chi connectivity index (χ1v) is 16.7. The van der Waals surface area contributed by atoms with E-state index < -0.39 is 5.82 Å². The average molecular weight is 628 g/mol. The molecule has 2 aliphatic rings. The summed E-state index contributed by atoms with van der Waals surface area (Å²) in [6.45, 7) is 5.86. The molecule has 45 heavy (non-hydrogen) atoms. The third kappa shape index (κ3) is 6.96. The van der Waals surface area contributed by atoms with Crippen LogP contribution in [0.2, 0.25) is 0 Å². The number of rotatable bonds is 8. The number of nitrogens with zero attached hydrogens (tertiary/aromatic N) is 8. The minimum Gasteiger partial charge on any atom is -0.363 e. The number of halogens is 1. The van der Waals surface area contributed by atoms with Crippen LogP contribution in [0.5, 0.6) is 0 Å². The third-order valence-corrected chi connectivity index (χ3v) is 9.46. The Morgan fingerprint density at radius 3 is 2.87 bits per heavy atom. The van der Waals surface area contributed by atoms with E-state index in [4.69, 9.17) is 15.2 Å². The summed E-state index contributed by atoms with van der Waals surface area (Å²) in [7, 11) is 2.16. The lowest BCUT2D eigenvalue weighted by Crippen LogP contribution is -2.45. The molecule has 0 aliphatic carbocycles. The molecule has 1 aromatic carbocycles. The summed E-state index contributed by atoms with van der Waals surface area (Å²) in [5, 5.41) is 16.8. The van der Waals surface area contributed by atoms with Crippen molar-refractivity contribution in [1.29, 1.82) is 5.26 Å². The van der Waals surface area contributed by atoms with Crippen LogP contribution in [-0.2, 0) is 11.3 Å². The van der Waals surface area contributed by atoms with Crippen LogP contribution >= 0.6 is 11.8 Å². The number of thioether (sulfide) groups is 1. The van der Waals surface area contributed by atoms with Gasteiger partial charge in [-0.1, -0.05) is 12.1 Å². The molecule has 2 fully saturated rings. The monoisotopic (exact) mass is 627 g/mol. The van der Waals surface area contributed by atoms with E-state index >= 15 is 4.39 Å². The largest absolute Gasteiger partial charge is 0.363 e. The highest BCUT2D eigenvalue weighted by molar-refractivity contribution is 7.98. The minimum absolute atomic E-state index is 0.0934. The fourth-order valence-electron chi connectivity index (χ4n) is 6.20. The molecule has 12 heteroatoms. The fraction of sp³-hybridized carbons (Fsp3) is 0.424. The number of carbonyl (C=O) groups excluding carboxylic acids is 1. The summed E-state index contributed by atoms with van der Waals surface area (Å²) in [4.78, 5) is 29.6. The second-order valence-electron chi connectivity index (χ2n) is 11.8. The van der Waals surface area contributed by atoms with Gasteiger partial charge in [0.25, 0.3) is 0 Å². The number of anilines is 1. The molecule has 1 N–H and O–H groups in total. The van der Waals surface area contributed by atoms with Crippen LogP contribution in [0, 0.1) is 17.1 Å². The molecule has 0 saturated carbocycles. The van der Waals surface area contributed by atoms with Crippen LogP contribution in [0.15, 0.2) is 53.7 Å². The zero-order valence-corrected chi connectivity index (χ0v) is 26.6. The number of piperidine rings is 1. The van der Waals surface area contributed by atoms with Crippen molar-refractivity contribution in [3.63, 3.8) is 0 Å². The number of hydrogen-bond acceptors (Lipinski definition) is 9. The van der Waals surface area contributed by atoms with Crippen molar-refractivity contribution in [3.8, 4) is 28.7 Å². The lowest BCUT2D eigenvalue weighted by atomic mass is 10.0. The number of nitriles is 1. The molecule has 0 spiro atoms. The van der Waals surface area contributed by atoms with Crippen LogP contribution in [0.1, 0.15) is 31.2 Å². The van der Waals surface area contributed by atoms with Crippen molar-refractivity contribution in [2.45, 2.75) is 43.2 Å². The Kier molecular flexibility index (Phi) is 9.59. The quantitative estimate of drug-likeness (QED) is 0.277.